The van der Waals surface area contributed by atoms with Crippen molar-refractivity contribution >= 4 is 11.6 Å². The molecule has 0 heterocycles. The fourth-order valence-electron chi connectivity index (χ4n) is 1.42. The highest BCUT2D eigenvalue weighted by atomic mass is 35.5. The quantitative estimate of drug-likeness (QED) is 0.670. The fraction of sp³-hybridized carbons (Fsp3) is 0.333. The predicted octanol–water partition coefficient (Wildman–Crippen LogP) is 3.91. The van der Waals surface area contributed by atoms with Gasteiger partial charge in [0.25, 0.3) is 0 Å². The smallest absolute Gasteiger partial charge is 0.000580 e. The van der Waals surface area contributed by atoms with Crippen molar-refractivity contribution in [2.75, 3.05) is 0 Å². The lowest BCUT2D eigenvalue weighted by Crippen LogP contribution is -1.90. The molecule has 0 atom stereocenters. The van der Waals surface area contributed by atoms with Crippen LogP contribution in [0.3, 0.4) is 0 Å². The molecule has 0 radical (unpaired) electrons. The van der Waals surface area contributed by atoms with Crippen molar-refractivity contribution in [2.24, 2.45) is 0 Å². The van der Waals surface area contributed by atoms with E-state index in [1.807, 2.05) is 6.08 Å². The average Bonchev–Trinajstić information content (AvgIpc) is 2.10. The number of aryl methyl sites for hydroxylation is 2. The zero-order valence-electron chi connectivity index (χ0n) is 8.39. The molecule has 0 N–H and O–H groups in total. The van der Waals surface area contributed by atoms with Crippen LogP contribution in [0.15, 0.2) is 23.7 Å². The molecular weight excluding hydrogens is 180 g/mol. The topological polar surface area (TPSA) is 0 Å². The zero-order chi connectivity index (χ0) is 9.84. The van der Waals surface area contributed by atoms with E-state index < -0.39 is 0 Å². The monoisotopic (exact) mass is 194 g/mol. The second-order valence-electron chi connectivity index (χ2n) is 3.42. The molecule has 1 aromatic carbocycles. The summed E-state index contributed by atoms with van der Waals surface area (Å²) in [6, 6.07) is 4.44. The highest BCUT2D eigenvalue weighted by molar-refractivity contribution is 6.25. The Morgan fingerprint density at radius 3 is 2.15 bits per heavy atom. The van der Waals surface area contributed by atoms with Crippen molar-refractivity contribution in [1.29, 1.82) is 0 Å². The summed E-state index contributed by atoms with van der Waals surface area (Å²) in [6.45, 7) is 6.46. The summed E-state index contributed by atoms with van der Waals surface area (Å²) in [5, 5.41) is 0. The number of hydrogen-bond acceptors (Lipinski definition) is 0. The highest BCUT2D eigenvalue weighted by Crippen LogP contribution is 2.15. The van der Waals surface area contributed by atoms with E-state index in [4.69, 9.17) is 11.6 Å². The maximum Gasteiger partial charge on any atom is 0.000580 e. The number of allylic oxidation sites excluding steroid dienone is 1. The van der Waals surface area contributed by atoms with Crippen LogP contribution < -0.4 is 0 Å². The summed E-state index contributed by atoms with van der Waals surface area (Å²) in [5.74, 6) is 0. The average molecular weight is 195 g/mol. The molecule has 1 aromatic rings. The van der Waals surface area contributed by atoms with Gasteiger partial charge in [-0.1, -0.05) is 29.8 Å². The summed E-state index contributed by atoms with van der Waals surface area (Å²) < 4.78 is 0. The van der Waals surface area contributed by atoms with Gasteiger partial charge in [0.15, 0.2) is 0 Å². The summed E-state index contributed by atoms with van der Waals surface area (Å²) in [4.78, 5) is 0. The molecule has 0 aliphatic rings. The fourth-order valence-corrected chi connectivity index (χ4v) is 1.51. The van der Waals surface area contributed by atoms with Crippen molar-refractivity contribution < 1.29 is 0 Å². The van der Waals surface area contributed by atoms with E-state index in [-0.39, 0.29) is 0 Å². The standard InChI is InChI=1S/C12H15Cl/c1-9-7-12(5-4-6-13)8-10(2)11(9)3/h4,6-8H,5H2,1-3H3/b6-4-. The number of benzene rings is 1. The third-order valence-electron chi connectivity index (χ3n) is 2.43. The number of hydrogen-bond donors (Lipinski definition) is 0. The Balaban J connectivity index is 2.99. The van der Waals surface area contributed by atoms with E-state index in [0.29, 0.717) is 0 Å². The highest BCUT2D eigenvalue weighted by Gasteiger charge is 1.99. The molecule has 0 bridgehead atoms. The Bertz CT molecular complexity index is 301. The van der Waals surface area contributed by atoms with E-state index in [9.17, 15) is 0 Å². The first-order valence-electron chi connectivity index (χ1n) is 4.47. The largest absolute Gasteiger partial charge is 0.0933 e. The van der Waals surface area contributed by atoms with Gasteiger partial charge >= 0.3 is 0 Å². The van der Waals surface area contributed by atoms with Gasteiger partial charge in [0, 0.05) is 5.54 Å². The molecular formula is C12H15Cl. The third-order valence-corrected chi connectivity index (χ3v) is 2.61. The van der Waals surface area contributed by atoms with Crippen LogP contribution in [0.1, 0.15) is 22.3 Å². The van der Waals surface area contributed by atoms with Gasteiger partial charge in [0.2, 0.25) is 0 Å². The summed E-state index contributed by atoms with van der Waals surface area (Å²) in [7, 11) is 0. The van der Waals surface area contributed by atoms with Crippen molar-refractivity contribution in [3.05, 3.63) is 46.0 Å². The molecule has 0 saturated carbocycles. The molecule has 0 spiro atoms. The second-order valence-corrected chi connectivity index (χ2v) is 3.67. The molecule has 13 heavy (non-hydrogen) atoms. The van der Waals surface area contributed by atoms with E-state index in [0.717, 1.165) is 6.42 Å². The summed E-state index contributed by atoms with van der Waals surface area (Å²) in [6.07, 6.45) is 2.89. The summed E-state index contributed by atoms with van der Waals surface area (Å²) >= 11 is 5.48. The molecule has 0 aliphatic carbocycles. The third kappa shape index (κ3) is 2.60. The predicted molar refractivity (Wildman–Crippen MR) is 59.4 cm³/mol. The van der Waals surface area contributed by atoms with Crippen molar-refractivity contribution in [3.8, 4) is 0 Å². The van der Waals surface area contributed by atoms with E-state index >= 15 is 0 Å². The van der Waals surface area contributed by atoms with Crippen LogP contribution in [0.2, 0.25) is 0 Å². The van der Waals surface area contributed by atoms with E-state index in [2.05, 4.69) is 32.9 Å². The zero-order valence-corrected chi connectivity index (χ0v) is 9.15. The van der Waals surface area contributed by atoms with Crippen LogP contribution >= 0.6 is 11.6 Å². The number of rotatable bonds is 2. The normalized spacial score (nSPS) is 11.1. The molecule has 0 aliphatic heterocycles. The van der Waals surface area contributed by atoms with Crippen LogP contribution in [-0.4, -0.2) is 0 Å². The first kappa shape index (κ1) is 10.3. The Kier molecular flexibility index (Phi) is 3.56. The first-order chi connectivity index (χ1) is 6.15. The van der Waals surface area contributed by atoms with Gasteiger partial charge in [-0.25, -0.2) is 0 Å². The maximum atomic E-state index is 5.48. The minimum atomic E-state index is 0.922. The van der Waals surface area contributed by atoms with E-state index in [1.165, 1.54) is 22.3 Å². The Hall–Kier alpha value is -0.750. The molecule has 70 valence electrons. The molecule has 0 nitrogen and oxygen atoms in total. The Morgan fingerprint density at radius 2 is 1.69 bits per heavy atom. The minimum absolute atomic E-state index is 0.922. The molecule has 0 saturated heterocycles. The molecule has 0 aromatic heterocycles. The van der Waals surface area contributed by atoms with Gasteiger partial charge < -0.3 is 0 Å². The molecule has 0 unspecified atom stereocenters. The lowest BCUT2D eigenvalue weighted by molar-refractivity contribution is 1.18. The van der Waals surface area contributed by atoms with Gasteiger partial charge in [-0.2, -0.15) is 0 Å². The van der Waals surface area contributed by atoms with Crippen molar-refractivity contribution in [1.82, 2.24) is 0 Å². The molecule has 1 heteroatoms. The number of halogens is 1. The van der Waals surface area contributed by atoms with Crippen LogP contribution in [0.25, 0.3) is 0 Å². The lowest BCUT2D eigenvalue weighted by Gasteiger charge is -2.07. The molecule has 1 rings (SSSR count). The molecule has 0 fully saturated rings. The van der Waals surface area contributed by atoms with Crippen molar-refractivity contribution in [2.45, 2.75) is 27.2 Å². The lowest BCUT2D eigenvalue weighted by atomic mass is 9.99. The van der Waals surface area contributed by atoms with E-state index in [1.54, 1.807) is 5.54 Å². The van der Waals surface area contributed by atoms with Crippen LogP contribution in [-0.2, 0) is 6.42 Å². The second kappa shape index (κ2) is 4.48. The van der Waals surface area contributed by atoms with Gasteiger partial charge in [-0.15, -0.1) is 0 Å². The Labute approximate surface area is 85.2 Å². The molecule has 0 amide bonds. The first-order valence-corrected chi connectivity index (χ1v) is 4.90. The SMILES string of the molecule is Cc1cc(C/C=C\Cl)cc(C)c1C. The van der Waals surface area contributed by atoms with Crippen LogP contribution in [0.4, 0.5) is 0 Å². The van der Waals surface area contributed by atoms with Crippen LogP contribution in [0, 0.1) is 20.8 Å². The van der Waals surface area contributed by atoms with Gasteiger partial charge in [0.05, 0.1) is 0 Å². The summed E-state index contributed by atoms with van der Waals surface area (Å²) in [5.41, 5.74) is 7.01. The maximum absolute atomic E-state index is 5.48. The van der Waals surface area contributed by atoms with Gasteiger partial charge in [-0.3, -0.25) is 0 Å². The Morgan fingerprint density at radius 1 is 1.15 bits per heavy atom. The van der Waals surface area contributed by atoms with Crippen LogP contribution in [0.5, 0.6) is 0 Å². The van der Waals surface area contributed by atoms with Crippen molar-refractivity contribution in [3.63, 3.8) is 0 Å². The van der Waals surface area contributed by atoms with Gasteiger partial charge in [-0.05, 0) is 49.4 Å². The van der Waals surface area contributed by atoms with Gasteiger partial charge in [0.1, 0.15) is 0 Å². The minimum Gasteiger partial charge on any atom is -0.0933 e.